The normalized spacial score (nSPS) is 26.2. The summed E-state index contributed by atoms with van der Waals surface area (Å²) in [7, 11) is 0. The van der Waals surface area contributed by atoms with Crippen LogP contribution >= 0.6 is 0 Å². The molecule has 0 spiro atoms. The number of rotatable bonds is 13. The molecule has 2 N–H and O–H groups in total. The number of hydrogen-bond acceptors (Lipinski definition) is 2. The quantitative estimate of drug-likeness (QED) is 0.375. The van der Waals surface area contributed by atoms with Crippen molar-refractivity contribution in [3.8, 4) is 0 Å². The topological polar surface area (TPSA) is 74.6 Å². The molecule has 0 aromatic heterocycles. The van der Waals surface area contributed by atoms with E-state index in [4.69, 9.17) is 0 Å². The molecule has 2 unspecified atom stereocenters. The first-order valence-electron chi connectivity index (χ1n) is 10.8. The van der Waals surface area contributed by atoms with Gasteiger partial charge in [-0.05, 0) is 31.6 Å². The van der Waals surface area contributed by atoms with E-state index < -0.39 is 22.8 Å². The highest BCUT2D eigenvalue weighted by molar-refractivity contribution is 5.87. The van der Waals surface area contributed by atoms with Crippen molar-refractivity contribution in [3.05, 3.63) is 0 Å². The number of unbranched alkanes of at least 4 members (excludes halogenated alkanes) is 5. The third-order valence-electron chi connectivity index (χ3n) is 6.53. The third kappa shape index (κ3) is 5.47. The van der Waals surface area contributed by atoms with Crippen LogP contribution in [-0.2, 0) is 9.59 Å². The van der Waals surface area contributed by atoms with E-state index in [9.17, 15) is 19.8 Å². The number of aliphatic carboxylic acids is 2. The largest absolute Gasteiger partial charge is 0.481 e. The van der Waals surface area contributed by atoms with Crippen LogP contribution in [0.15, 0.2) is 0 Å². The zero-order chi connectivity index (χ0) is 19.6. The van der Waals surface area contributed by atoms with Crippen molar-refractivity contribution in [2.45, 2.75) is 111 Å². The van der Waals surface area contributed by atoms with E-state index in [2.05, 4.69) is 20.8 Å². The van der Waals surface area contributed by atoms with E-state index in [1.165, 1.54) is 19.3 Å². The summed E-state index contributed by atoms with van der Waals surface area (Å²) in [5.74, 6) is -1.24. The van der Waals surface area contributed by atoms with Gasteiger partial charge in [0.1, 0.15) is 0 Å². The predicted octanol–water partition coefficient (Wildman–Crippen LogP) is 6.28. The van der Waals surface area contributed by atoms with Crippen molar-refractivity contribution >= 4 is 11.9 Å². The van der Waals surface area contributed by atoms with E-state index >= 15 is 0 Å². The van der Waals surface area contributed by atoms with Gasteiger partial charge in [0.2, 0.25) is 0 Å². The molecular formula is C22H40O4. The minimum absolute atomic E-state index is 0.503. The summed E-state index contributed by atoms with van der Waals surface area (Å²) in [6.45, 7) is 6.45. The lowest BCUT2D eigenvalue weighted by molar-refractivity contribution is -0.182. The fourth-order valence-electron chi connectivity index (χ4n) is 4.92. The van der Waals surface area contributed by atoms with Crippen LogP contribution in [0.1, 0.15) is 111 Å². The SMILES string of the molecule is CCCCCCCCC1(C(=O)O)CCCCC1(CCCC(C)C)C(=O)O. The Hall–Kier alpha value is -1.06. The molecule has 1 fully saturated rings. The Bertz CT molecular complexity index is 445. The Kier molecular flexibility index (Phi) is 9.67. The Morgan fingerprint density at radius 3 is 1.73 bits per heavy atom. The molecule has 0 saturated heterocycles. The highest BCUT2D eigenvalue weighted by Crippen LogP contribution is 2.57. The standard InChI is InChI=1S/C22H40O4/c1-4-5-6-7-8-9-14-21(19(23)24)15-10-11-16-22(21,20(25)26)17-12-13-18(2)3/h18H,4-17H2,1-3H3,(H,23,24)(H,25,26). The fraction of sp³-hybridized carbons (Fsp3) is 0.909. The zero-order valence-electron chi connectivity index (χ0n) is 17.2. The number of carboxylic acids is 2. The summed E-state index contributed by atoms with van der Waals surface area (Å²) in [6.07, 6.45) is 12.0. The Morgan fingerprint density at radius 2 is 1.27 bits per heavy atom. The van der Waals surface area contributed by atoms with Crippen LogP contribution in [0.4, 0.5) is 0 Å². The Labute approximate surface area is 159 Å². The first kappa shape index (κ1) is 23.0. The summed E-state index contributed by atoms with van der Waals surface area (Å²) < 4.78 is 0. The molecule has 26 heavy (non-hydrogen) atoms. The number of hydrogen-bond donors (Lipinski definition) is 2. The predicted molar refractivity (Wildman–Crippen MR) is 105 cm³/mol. The van der Waals surface area contributed by atoms with Crippen LogP contribution in [0.25, 0.3) is 0 Å². The molecule has 1 saturated carbocycles. The maximum atomic E-state index is 12.4. The van der Waals surface area contributed by atoms with Gasteiger partial charge in [-0.2, -0.15) is 0 Å². The van der Waals surface area contributed by atoms with Crippen molar-refractivity contribution in [1.29, 1.82) is 0 Å². The van der Waals surface area contributed by atoms with E-state index in [0.717, 1.165) is 44.9 Å². The van der Waals surface area contributed by atoms with Crippen molar-refractivity contribution in [3.63, 3.8) is 0 Å². The van der Waals surface area contributed by atoms with Crippen molar-refractivity contribution in [2.75, 3.05) is 0 Å². The van der Waals surface area contributed by atoms with Gasteiger partial charge in [-0.25, -0.2) is 0 Å². The van der Waals surface area contributed by atoms with Gasteiger partial charge < -0.3 is 10.2 Å². The lowest BCUT2D eigenvalue weighted by atomic mass is 9.52. The van der Waals surface area contributed by atoms with Gasteiger partial charge in [-0.15, -0.1) is 0 Å². The smallest absolute Gasteiger partial charge is 0.310 e. The molecule has 0 aromatic carbocycles. The fourth-order valence-corrected chi connectivity index (χ4v) is 4.92. The van der Waals surface area contributed by atoms with Crippen LogP contribution in [-0.4, -0.2) is 22.2 Å². The molecule has 0 heterocycles. The molecule has 0 bridgehead atoms. The minimum Gasteiger partial charge on any atom is -0.481 e. The van der Waals surface area contributed by atoms with Gasteiger partial charge in [0, 0.05) is 0 Å². The number of carbonyl (C=O) groups is 2. The van der Waals surface area contributed by atoms with Gasteiger partial charge in [-0.1, -0.05) is 85.0 Å². The maximum absolute atomic E-state index is 12.4. The average molecular weight is 369 g/mol. The summed E-state index contributed by atoms with van der Waals surface area (Å²) in [5.41, 5.74) is -2.17. The van der Waals surface area contributed by atoms with E-state index in [0.29, 0.717) is 31.6 Å². The summed E-state index contributed by atoms with van der Waals surface area (Å²) in [5, 5.41) is 20.3. The molecular weight excluding hydrogens is 328 g/mol. The van der Waals surface area contributed by atoms with Gasteiger partial charge in [0.05, 0.1) is 10.8 Å². The van der Waals surface area contributed by atoms with Crippen LogP contribution in [0.5, 0.6) is 0 Å². The molecule has 0 aromatic rings. The second-order valence-corrected chi connectivity index (χ2v) is 8.79. The van der Waals surface area contributed by atoms with Gasteiger partial charge in [0.15, 0.2) is 0 Å². The highest BCUT2D eigenvalue weighted by Gasteiger charge is 2.61. The first-order valence-corrected chi connectivity index (χ1v) is 10.8. The van der Waals surface area contributed by atoms with Crippen LogP contribution in [0.3, 0.4) is 0 Å². The molecule has 4 nitrogen and oxygen atoms in total. The van der Waals surface area contributed by atoms with E-state index in [-0.39, 0.29) is 0 Å². The molecule has 4 heteroatoms. The molecule has 152 valence electrons. The molecule has 0 aliphatic heterocycles. The lowest BCUT2D eigenvalue weighted by Gasteiger charge is -2.49. The van der Waals surface area contributed by atoms with Crippen molar-refractivity contribution in [1.82, 2.24) is 0 Å². The van der Waals surface area contributed by atoms with Gasteiger partial charge in [-0.3, -0.25) is 9.59 Å². The van der Waals surface area contributed by atoms with Crippen molar-refractivity contribution < 1.29 is 19.8 Å². The van der Waals surface area contributed by atoms with Crippen LogP contribution < -0.4 is 0 Å². The number of carboxylic acid groups (broad SMARTS) is 2. The first-order chi connectivity index (χ1) is 12.3. The van der Waals surface area contributed by atoms with Gasteiger partial charge >= 0.3 is 11.9 Å². The van der Waals surface area contributed by atoms with E-state index in [1.54, 1.807) is 0 Å². The maximum Gasteiger partial charge on any atom is 0.310 e. The van der Waals surface area contributed by atoms with Crippen LogP contribution in [0, 0.1) is 16.7 Å². The molecule has 0 amide bonds. The molecule has 1 aliphatic rings. The van der Waals surface area contributed by atoms with Gasteiger partial charge in [0.25, 0.3) is 0 Å². The minimum atomic E-state index is -1.09. The highest BCUT2D eigenvalue weighted by atomic mass is 16.4. The second kappa shape index (κ2) is 10.9. The average Bonchev–Trinajstić information content (AvgIpc) is 2.58. The monoisotopic (exact) mass is 368 g/mol. The van der Waals surface area contributed by atoms with E-state index in [1.807, 2.05) is 0 Å². The zero-order valence-corrected chi connectivity index (χ0v) is 17.2. The molecule has 0 radical (unpaired) electrons. The Balaban J connectivity index is 2.93. The second-order valence-electron chi connectivity index (χ2n) is 8.79. The third-order valence-corrected chi connectivity index (χ3v) is 6.53. The van der Waals surface area contributed by atoms with Crippen molar-refractivity contribution in [2.24, 2.45) is 16.7 Å². The summed E-state index contributed by atoms with van der Waals surface area (Å²) in [6, 6.07) is 0. The lowest BCUT2D eigenvalue weighted by Crippen LogP contribution is -2.54. The molecule has 2 atom stereocenters. The summed E-state index contributed by atoms with van der Waals surface area (Å²) >= 11 is 0. The molecule has 1 aliphatic carbocycles. The van der Waals surface area contributed by atoms with Crippen LogP contribution in [0.2, 0.25) is 0 Å². The Morgan fingerprint density at radius 1 is 0.808 bits per heavy atom. The summed E-state index contributed by atoms with van der Waals surface area (Å²) in [4.78, 5) is 24.8. The molecule has 1 rings (SSSR count).